The molecule has 0 spiro atoms. The van der Waals surface area contributed by atoms with Crippen LogP contribution in [0.25, 0.3) is 11.5 Å². The molecule has 138 valence electrons. The summed E-state index contributed by atoms with van der Waals surface area (Å²) in [7, 11) is 0. The second-order valence-corrected chi connectivity index (χ2v) is 5.99. The fourth-order valence-corrected chi connectivity index (χ4v) is 2.79. The third kappa shape index (κ3) is 3.75. The highest BCUT2D eigenvalue weighted by atomic mass is 16.5. The van der Waals surface area contributed by atoms with Crippen molar-refractivity contribution in [1.82, 2.24) is 10.1 Å². The van der Waals surface area contributed by atoms with E-state index in [1.165, 1.54) is 12.3 Å². The molecule has 1 saturated heterocycles. The highest BCUT2D eigenvalue weighted by Crippen LogP contribution is 2.21. The van der Waals surface area contributed by atoms with Crippen molar-refractivity contribution in [2.45, 2.75) is 0 Å². The van der Waals surface area contributed by atoms with Gasteiger partial charge in [-0.1, -0.05) is 11.2 Å². The van der Waals surface area contributed by atoms with Crippen LogP contribution in [0, 0.1) is 0 Å². The number of rotatable bonds is 4. The molecule has 1 aliphatic heterocycles. The Balaban J connectivity index is 1.46. The molecular weight excluding hydrogens is 350 g/mol. The molecule has 0 bridgehead atoms. The van der Waals surface area contributed by atoms with Crippen LogP contribution in [0.3, 0.4) is 0 Å². The summed E-state index contributed by atoms with van der Waals surface area (Å²) in [4.78, 5) is 26.7. The Morgan fingerprint density at radius 3 is 2.67 bits per heavy atom. The highest BCUT2D eigenvalue weighted by molar-refractivity contribution is 6.04. The van der Waals surface area contributed by atoms with Gasteiger partial charge < -0.3 is 23.9 Å². The number of anilines is 1. The van der Waals surface area contributed by atoms with Crippen molar-refractivity contribution >= 4 is 17.5 Å². The van der Waals surface area contributed by atoms with Gasteiger partial charge in [0.1, 0.15) is 0 Å². The van der Waals surface area contributed by atoms with E-state index in [1.807, 2.05) is 0 Å². The van der Waals surface area contributed by atoms with Crippen molar-refractivity contribution in [3.63, 3.8) is 0 Å². The maximum Gasteiger partial charge on any atom is 0.277 e. The van der Waals surface area contributed by atoms with E-state index in [-0.39, 0.29) is 11.6 Å². The third-order valence-corrected chi connectivity index (χ3v) is 4.17. The van der Waals surface area contributed by atoms with E-state index in [0.29, 0.717) is 49.1 Å². The Bertz CT molecular complexity index is 942. The summed E-state index contributed by atoms with van der Waals surface area (Å²) < 4.78 is 15.6. The number of hydrogen-bond donors (Lipinski definition) is 1. The van der Waals surface area contributed by atoms with E-state index < -0.39 is 5.91 Å². The number of morpholine rings is 1. The number of nitrogens with zero attached hydrogens (tertiary/aromatic N) is 2. The maximum atomic E-state index is 12.6. The number of nitrogens with one attached hydrogen (secondary N) is 1. The molecule has 1 aromatic carbocycles. The van der Waals surface area contributed by atoms with Crippen LogP contribution in [0.5, 0.6) is 0 Å². The molecular formula is C19H17N3O5. The predicted molar refractivity (Wildman–Crippen MR) is 95.3 cm³/mol. The molecule has 2 aromatic heterocycles. The normalized spacial score (nSPS) is 14.1. The molecule has 0 atom stereocenters. The van der Waals surface area contributed by atoms with Crippen molar-refractivity contribution in [3.05, 3.63) is 60.0 Å². The SMILES string of the molecule is O=C(Nc1cccc(C(=O)N2CCOCC2)c1)c1cc(-c2ccco2)on1. The van der Waals surface area contributed by atoms with E-state index in [9.17, 15) is 9.59 Å². The summed E-state index contributed by atoms with van der Waals surface area (Å²) in [5.41, 5.74) is 1.12. The van der Waals surface area contributed by atoms with Crippen molar-refractivity contribution in [1.29, 1.82) is 0 Å². The molecule has 0 aliphatic carbocycles. The van der Waals surface area contributed by atoms with Crippen LogP contribution >= 0.6 is 0 Å². The zero-order valence-electron chi connectivity index (χ0n) is 14.4. The van der Waals surface area contributed by atoms with E-state index in [1.54, 1.807) is 41.3 Å². The summed E-state index contributed by atoms with van der Waals surface area (Å²) in [5, 5.41) is 6.49. The molecule has 0 radical (unpaired) electrons. The lowest BCUT2D eigenvalue weighted by molar-refractivity contribution is 0.0303. The van der Waals surface area contributed by atoms with Gasteiger partial charge in [-0.2, -0.15) is 0 Å². The van der Waals surface area contributed by atoms with Gasteiger partial charge in [-0.05, 0) is 30.3 Å². The predicted octanol–water partition coefficient (Wildman–Crippen LogP) is 2.66. The van der Waals surface area contributed by atoms with Gasteiger partial charge in [0.05, 0.1) is 19.5 Å². The van der Waals surface area contributed by atoms with Gasteiger partial charge in [0, 0.05) is 30.4 Å². The van der Waals surface area contributed by atoms with Crippen molar-refractivity contribution in [2.75, 3.05) is 31.6 Å². The minimum absolute atomic E-state index is 0.0871. The molecule has 4 rings (SSSR count). The Labute approximate surface area is 154 Å². The zero-order valence-corrected chi connectivity index (χ0v) is 14.4. The monoisotopic (exact) mass is 367 g/mol. The first kappa shape index (κ1) is 17.0. The van der Waals surface area contributed by atoms with Gasteiger partial charge in [0.15, 0.2) is 11.5 Å². The number of amides is 2. The van der Waals surface area contributed by atoms with E-state index in [2.05, 4.69) is 10.5 Å². The van der Waals surface area contributed by atoms with Crippen molar-refractivity contribution < 1.29 is 23.3 Å². The standard InChI is InChI=1S/C19H17N3O5/c23-18(15-12-17(27-21-15)16-5-2-8-26-16)20-14-4-1-3-13(11-14)19(24)22-6-9-25-10-7-22/h1-5,8,11-12H,6-7,9-10H2,(H,20,23). The molecule has 2 amide bonds. The molecule has 1 N–H and O–H groups in total. The Morgan fingerprint density at radius 1 is 1.04 bits per heavy atom. The van der Waals surface area contributed by atoms with E-state index >= 15 is 0 Å². The summed E-state index contributed by atoms with van der Waals surface area (Å²) in [6.45, 7) is 2.19. The average Bonchev–Trinajstić information content (AvgIpc) is 3.40. The second-order valence-electron chi connectivity index (χ2n) is 5.99. The van der Waals surface area contributed by atoms with E-state index in [4.69, 9.17) is 13.7 Å². The fourth-order valence-electron chi connectivity index (χ4n) is 2.79. The molecule has 3 heterocycles. The fraction of sp³-hybridized carbons (Fsp3) is 0.211. The Hall–Kier alpha value is -3.39. The van der Waals surface area contributed by atoms with Gasteiger partial charge in [-0.15, -0.1) is 0 Å². The topological polar surface area (TPSA) is 97.8 Å². The second kappa shape index (κ2) is 7.46. The largest absolute Gasteiger partial charge is 0.461 e. The minimum Gasteiger partial charge on any atom is -0.461 e. The lowest BCUT2D eigenvalue weighted by atomic mass is 10.1. The first-order chi connectivity index (χ1) is 13.2. The molecule has 27 heavy (non-hydrogen) atoms. The molecule has 8 heteroatoms. The third-order valence-electron chi connectivity index (χ3n) is 4.17. The lowest BCUT2D eigenvalue weighted by Crippen LogP contribution is -2.40. The average molecular weight is 367 g/mol. The quantitative estimate of drug-likeness (QED) is 0.761. The number of carbonyl (C=O) groups excluding carboxylic acids is 2. The van der Waals surface area contributed by atoms with Crippen LogP contribution in [0.1, 0.15) is 20.8 Å². The number of hydrogen-bond acceptors (Lipinski definition) is 6. The van der Waals surface area contributed by atoms with Crippen LogP contribution in [-0.2, 0) is 4.74 Å². The van der Waals surface area contributed by atoms with Crippen LogP contribution in [0.2, 0.25) is 0 Å². The summed E-state index contributed by atoms with van der Waals surface area (Å²) in [6.07, 6.45) is 1.51. The van der Waals surface area contributed by atoms with Gasteiger partial charge in [-0.3, -0.25) is 9.59 Å². The Morgan fingerprint density at radius 2 is 1.89 bits per heavy atom. The van der Waals surface area contributed by atoms with Gasteiger partial charge in [-0.25, -0.2) is 0 Å². The molecule has 0 unspecified atom stereocenters. The van der Waals surface area contributed by atoms with Crippen LogP contribution < -0.4 is 5.32 Å². The molecule has 8 nitrogen and oxygen atoms in total. The first-order valence-corrected chi connectivity index (χ1v) is 8.50. The van der Waals surface area contributed by atoms with Gasteiger partial charge in [0.2, 0.25) is 5.76 Å². The van der Waals surface area contributed by atoms with E-state index in [0.717, 1.165) is 0 Å². The summed E-state index contributed by atoms with van der Waals surface area (Å²) >= 11 is 0. The maximum absolute atomic E-state index is 12.6. The zero-order chi connectivity index (χ0) is 18.6. The van der Waals surface area contributed by atoms with Crippen LogP contribution in [-0.4, -0.2) is 48.2 Å². The molecule has 1 fully saturated rings. The number of carbonyl (C=O) groups is 2. The number of aromatic nitrogens is 1. The van der Waals surface area contributed by atoms with Gasteiger partial charge in [0.25, 0.3) is 11.8 Å². The number of benzene rings is 1. The molecule has 1 aliphatic rings. The highest BCUT2D eigenvalue weighted by Gasteiger charge is 2.20. The summed E-state index contributed by atoms with van der Waals surface area (Å²) in [5.74, 6) is 0.324. The van der Waals surface area contributed by atoms with Crippen molar-refractivity contribution in [2.24, 2.45) is 0 Å². The lowest BCUT2D eigenvalue weighted by Gasteiger charge is -2.27. The summed E-state index contributed by atoms with van der Waals surface area (Å²) in [6, 6.07) is 11.7. The first-order valence-electron chi connectivity index (χ1n) is 8.50. The van der Waals surface area contributed by atoms with Crippen LogP contribution in [0.4, 0.5) is 5.69 Å². The molecule has 0 saturated carbocycles. The molecule has 3 aromatic rings. The number of furan rings is 1. The minimum atomic E-state index is -0.437. The Kier molecular flexibility index (Phi) is 4.71. The van der Waals surface area contributed by atoms with Crippen LogP contribution in [0.15, 0.2) is 57.7 Å². The smallest absolute Gasteiger partial charge is 0.277 e. The number of ether oxygens (including phenoxy) is 1. The van der Waals surface area contributed by atoms with Crippen molar-refractivity contribution in [3.8, 4) is 11.5 Å². The van der Waals surface area contributed by atoms with Gasteiger partial charge >= 0.3 is 0 Å².